The molecule has 2 aromatic rings. The summed E-state index contributed by atoms with van der Waals surface area (Å²) in [6, 6.07) is 0. The van der Waals surface area contributed by atoms with Gasteiger partial charge >= 0.3 is 0 Å². The smallest absolute Gasteiger partial charge is 0.217 e. The zero-order valence-corrected chi connectivity index (χ0v) is 9.80. The SMILES string of the molecule is CC(=O)NCC#Cc1c[nH]c2c(Cl)ncnc12. The standard InChI is InChI=1S/C11H9ClN4O/c1-7(17)13-4-2-3-8-5-14-10-9(8)15-6-16-11(10)12/h5-6,14H,4H2,1H3,(H,13,17). The first-order valence-electron chi connectivity index (χ1n) is 4.89. The molecule has 0 spiro atoms. The molecule has 0 aliphatic carbocycles. The van der Waals surface area contributed by atoms with Gasteiger partial charge in [0.05, 0.1) is 12.1 Å². The van der Waals surface area contributed by atoms with E-state index >= 15 is 0 Å². The quantitative estimate of drug-likeness (QED) is 0.586. The highest BCUT2D eigenvalue weighted by atomic mass is 35.5. The molecule has 0 aromatic carbocycles. The summed E-state index contributed by atoms with van der Waals surface area (Å²) in [5.41, 5.74) is 2.08. The van der Waals surface area contributed by atoms with Gasteiger partial charge in [-0.25, -0.2) is 9.97 Å². The third-order valence-corrected chi connectivity index (χ3v) is 2.35. The van der Waals surface area contributed by atoms with Crippen LogP contribution in [-0.4, -0.2) is 27.4 Å². The molecule has 0 atom stereocenters. The molecule has 0 saturated heterocycles. The average molecular weight is 249 g/mol. The van der Waals surface area contributed by atoms with E-state index in [4.69, 9.17) is 11.6 Å². The molecule has 0 unspecified atom stereocenters. The van der Waals surface area contributed by atoms with Crippen molar-refractivity contribution in [3.05, 3.63) is 23.2 Å². The molecular weight excluding hydrogens is 240 g/mol. The molecule has 0 fully saturated rings. The van der Waals surface area contributed by atoms with E-state index in [2.05, 4.69) is 32.1 Å². The Morgan fingerprint density at radius 2 is 2.41 bits per heavy atom. The number of hydrogen-bond donors (Lipinski definition) is 2. The normalized spacial score (nSPS) is 9.76. The number of H-pyrrole nitrogens is 1. The number of hydrogen-bond acceptors (Lipinski definition) is 3. The molecule has 0 aliphatic heterocycles. The van der Waals surface area contributed by atoms with E-state index in [1.54, 1.807) is 6.20 Å². The van der Waals surface area contributed by atoms with E-state index in [0.29, 0.717) is 22.7 Å². The zero-order chi connectivity index (χ0) is 12.3. The van der Waals surface area contributed by atoms with Gasteiger partial charge in [0.1, 0.15) is 17.4 Å². The summed E-state index contributed by atoms with van der Waals surface area (Å²) in [4.78, 5) is 21.6. The molecule has 86 valence electrons. The lowest BCUT2D eigenvalue weighted by Crippen LogP contribution is -2.19. The lowest BCUT2D eigenvalue weighted by molar-refractivity contribution is -0.118. The lowest BCUT2D eigenvalue weighted by atomic mass is 10.3. The summed E-state index contributed by atoms with van der Waals surface area (Å²) < 4.78 is 0. The summed E-state index contributed by atoms with van der Waals surface area (Å²) in [6.45, 7) is 1.75. The first kappa shape index (κ1) is 11.4. The van der Waals surface area contributed by atoms with Crippen LogP contribution in [0.3, 0.4) is 0 Å². The van der Waals surface area contributed by atoms with Gasteiger partial charge in [-0.05, 0) is 0 Å². The fraction of sp³-hybridized carbons (Fsp3) is 0.182. The summed E-state index contributed by atoms with van der Waals surface area (Å²) in [6.07, 6.45) is 3.10. The van der Waals surface area contributed by atoms with Gasteiger partial charge in [-0.1, -0.05) is 23.4 Å². The van der Waals surface area contributed by atoms with Crippen LogP contribution in [0.2, 0.25) is 5.15 Å². The highest BCUT2D eigenvalue weighted by Gasteiger charge is 2.06. The van der Waals surface area contributed by atoms with Crippen LogP contribution in [0, 0.1) is 11.8 Å². The maximum absolute atomic E-state index is 10.6. The molecular formula is C11H9ClN4O. The monoisotopic (exact) mass is 248 g/mol. The minimum Gasteiger partial charge on any atom is -0.356 e. The van der Waals surface area contributed by atoms with Crippen molar-refractivity contribution in [3.8, 4) is 11.8 Å². The number of rotatable bonds is 1. The lowest BCUT2D eigenvalue weighted by Gasteiger charge is -1.92. The molecule has 0 bridgehead atoms. The number of nitrogens with zero attached hydrogens (tertiary/aromatic N) is 2. The van der Waals surface area contributed by atoms with Gasteiger partial charge in [-0.15, -0.1) is 0 Å². The maximum Gasteiger partial charge on any atom is 0.217 e. The van der Waals surface area contributed by atoms with Gasteiger partial charge in [-0.2, -0.15) is 0 Å². The Kier molecular flexibility index (Phi) is 3.26. The van der Waals surface area contributed by atoms with Crippen molar-refractivity contribution in [1.29, 1.82) is 0 Å². The van der Waals surface area contributed by atoms with Crippen LogP contribution in [0.4, 0.5) is 0 Å². The fourth-order valence-electron chi connectivity index (χ4n) is 1.31. The summed E-state index contributed by atoms with van der Waals surface area (Å²) in [7, 11) is 0. The van der Waals surface area contributed by atoms with Crippen LogP contribution in [0.15, 0.2) is 12.5 Å². The highest BCUT2D eigenvalue weighted by molar-refractivity contribution is 6.33. The van der Waals surface area contributed by atoms with Crippen molar-refractivity contribution in [3.63, 3.8) is 0 Å². The van der Waals surface area contributed by atoms with Crippen LogP contribution >= 0.6 is 11.6 Å². The van der Waals surface area contributed by atoms with Crippen LogP contribution in [0.25, 0.3) is 11.0 Å². The minimum absolute atomic E-state index is 0.108. The third kappa shape index (κ3) is 2.55. The number of aromatic amines is 1. The molecule has 2 rings (SSSR count). The number of carbonyl (C=O) groups is 1. The van der Waals surface area contributed by atoms with Gasteiger partial charge in [0.25, 0.3) is 0 Å². The largest absolute Gasteiger partial charge is 0.356 e. The first-order valence-corrected chi connectivity index (χ1v) is 5.27. The average Bonchev–Trinajstić information content (AvgIpc) is 2.69. The molecule has 2 heterocycles. The molecule has 0 radical (unpaired) electrons. The second kappa shape index (κ2) is 4.85. The van der Waals surface area contributed by atoms with Crippen molar-refractivity contribution in [1.82, 2.24) is 20.3 Å². The van der Waals surface area contributed by atoms with Gasteiger partial charge in [0, 0.05) is 13.1 Å². The van der Waals surface area contributed by atoms with Gasteiger partial charge in [0.15, 0.2) is 5.15 Å². The van der Waals surface area contributed by atoms with Crippen molar-refractivity contribution in [2.45, 2.75) is 6.92 Å². The topological polar surface area (TPSA) is 70.7 Å². The Balaban J connectivity index is 2.25. The number of fused-ring (bicyclic) bond motifs is 1. The van der Waals surface area contributed by atoms with E-state index in [9.17, 15) is 4.79 Å². The molecule has 2 aromatic heterocycles. The van der Waals surface area contributed by atoms with E-state index < -0.39 is 0 Å². The Bertz CT molecular complexity index is 623. The van der Waals surface area contributed by atoms with Crippen molar-refractivity contribution in [2.75, 3.05) is 6.54 Å². The molecule has 6 heteroatoms. The Hall–Kier alpha value is -2.06. The molecule has 1 amide bonds. The first-order chi connectivity index (χ1) is 8.18. The van der Waals surface area contributed by atoms with Crippen LogP contribution in [-0.2, 0) is 4.79 Å². The Morgan fingerprint density at radius 1 is 1.59 bits per heavy atom. The fourth-order valence-corrected chi connectivity index (χ4v) is 1.50. The Labute approximate surface area is 103 Å². The van der Waals surface area contributed by atoms with Crippen molar-refractivity contribution >= 4 is 28.5 Å². The zero-order valence-electron chi connectivity index (χ0n) is 9.04. The van der Waals surface area contributed by atoms with E-state index in [0.717, 1.165) is 5.56 Å². The van der Waals surface area contributed by atoms with Crippen molar-refractivity contribution < 1.29 is 4.79 Å². The number of carbonyl (C=O) groups excluding carboxylic acids is 1. The van der Waals surface area contributed by atoms with Crippen LogP contribution in [0.1, 0.15) is 12.5 Å². The number of aromatic nitrogens is 3. The summed E-state index contributed by atoms with van der Waals surface area (Å²) >= 11 is 5.89. The predicted molar refractivity (Wildman–Crippen MR) is 64.5 cm³/mol. The van der Waals surface area contributed by atoms with Crippen LogP contribution in [0.5, 0.6) is 0 Å². The Morgan fingerprint density at radius 3 is 3.18 bits per heavy atom. The second-order valence-corrected chi connectivity index (χ2v) is 3.66. The highest BCUT2D eigenvalue weighted by Crippen LogP contribution is 2.19. The van der Waals surface area contributed by atoms with E-state index in [1.807, 2.05) is 0 Å². The molecule has 0 saturated carbocycles. The van der Waals surface area contributed by atoms with Crippen molar-refractivity contribution in [2.24, 2.45) is 0 Å². The molecule has 2 N–H and O–H groups in total. The minimum atomic E-state index is -0.108. The third-order valence-electron chi connectivity index (χ3n) is 2.07. The number of halogens is 1. The predicted octanol–water partition coefficient (Wildman–Crippen LogP) is 1.10. The van der Waals surface area contributed by atoms with Gasteiger partial charge < -0.3 is 10.3 Å². The van der Waals surface area contributed by atoms with Crippen LogP contribution < -0.4 is 5.32 Å². The van der Waals surface area contributed by atoms with E-state index in [-0.39, 0.29) is 5.91 Å². The second-order valence-electron chi connectivity index (χ2n) is 3.30. The number of nitrogens with one attached hydrogen (secondary N) is 2. The number of amides is 1. The van der Waals surface area contributed by atoms with Gasteiger partial charge in [0.2, 0.25) is 5.91 Å². The van der Waals surface area contributed by atoms with E-state index in [1.165, 1.54) is 13.3 Å². The molecule has 0 aliphatic rings. The molecule has 5 nitrogen and oxygen atoms in total. The maximum atomic E-state index is 10.6. The molecule has 17 heavy (non-hydrogen) atoms. The summed E-state index contributed by atoms with van der Waals surface area (Å²) in [5, 5.41) is 2.95. The van der Waals surface area contributed by atoms with Gasteiger partial charge in [-0.3, -0.25) is 4.79 Å². The summed E-state index contributed by atoms with van der Waals surface area (Å²) in [5.74, 6) is 5.62.